The zero-order chi connectivity index (χ0) is 13.8. The highest BCUT2D eigenvalue weighted by Crippen LogP contribution is 2.21. The maximum absolute atomic E-state index is 13.3. The Hall–Kier alpha value is -1.72. The first-order chi connectivity index (χ1) is 9.08. The van der Waals surface area contributed by atoms with Crippen molar-refractivity contribution in [2.75, 3.05) is 5.32 Å². The molecule has 0 spiro atoms. The van der Waals surface area contributed by atoms with Crippen LogP contribution in [0.5, 0.6) is 0 Å². The number of rotatable bonds is 3. The predicted molar refractivity (Wildman–Crippen MR) is 74.1 cm³/mol. The fourth-order valence-electron chi connectivity index (χ4n) is 1.57. The molecule has 0 saturated carbocycles. The molecule has 1 atom stereocenters. The van der Waals surface area contributed by atoms with Gasteiger partial charge < -0.3 is 10.4 Å². The van der Waals surface area contributed by atoms with Crippen molar-refractivity contribution in [3.63, 3.8) is 0 Å². The lowest BCUT2D eigenvalue weighted by molar-refractivity contribution is -0.124. The van der Waals surface area contributed by atoms with Crippen molar-refractivity contribution >= 4 is 27.5 Å². The van der Waals surface area contributed by atoms with Crippen molar-refractivity contribution in [3.8, 4) is 0 Å². The van der Waals surface area contributed by atoms with Gasteiger partial charge in [0.25, 0.3) is 5.91 Å². The first-order valence-corrected chi connectivity index (χ1v) is 6.36. The van der Waals surface area contributed by atoms with Gasteiger partial charge in [-0.05, 0) is 39.7 Å². The summed E-state index contributed by atoms with van der Waals surface area (Å²) in [7, 11) is 0. The van der Waals surface area contributed by atoms with Gasteiger partial charge >= 0.3 is 0 Å². The van der Waals surface area contributed by atoms with Gasteiger partial charge in [-0.3, -0.25) is 4.79 Å². The van der Waals surface area contributed by atoms with Gasteiger partial charge in [-0.1, -0.05) is 30.3 Å². The second-order valence-corrected chi connectivity index (χ2v) is 4.79. The van der Waals surface area contributed by atoms with Crippen molar-refractivity contribution in [1.29, 1.82) is 0 Å². The molecule has 1 amide bonds. The Bertz CT molecular complexity index is 589. The molecule has 0 aliphatic heterocycles. The molecule has 98 valence electrons. The van der Waals surface area contributed by atoms with E-state index in [0.29, 0.717) is 15.7 Å². The third-order valence-electron chi connectivity index (χ3n) is 2.55. The van der Waals surface area contributed by atoms with Gasteiger partial charge in [0.2, 0.25) is 0 Å². The summed E-state index contributed by atoms with van der Waals surface area (Å²) < 4.78 is 13.6. The molecule has 0 aliphatic carbocycles. The van der Waals surface area contributed by atoms with Gasteiger partial charge in [0.05, 0.1) is 4.47 Å². The quantitative estimate of drug-likeness (QED) is 0.910. The highest BCUT2D eigenvalue weighted by atomic mass is 79.9. The van der Waals surface area contributed by atoms with E-state index >= 15 is 0 Å². The number of hydrogen-bond donors (Lipinski definition) is 2. The summed E-state index contributed by atoms with van der Waals surface area (Å²) in [5.41, 5.74) is 0.776. The van der Waals surface area contributed by atoms with Gasteiger partial charge in [-0.2, -0.15) is 0 Å². The highest BCUT2D eigenvalue weighted by Gasteiger charge is 2.17. The molecule has 3 nitrogen and oxygen atoms in total. The number of anilines is 1. The van der Waals surface area contributed by atoms with Crippen molar-refractivity contribution < 1.29 is 14.3 Å². The van der Waals surface area contributed by atoms with Crippen LogP contribution in [0.3, 0.4) is 0 Å². The van der Waals surface area contributed by atoms with Crippen LogP contribution in [0.4, 0.5) is 10.1 Å². The van der Waals surface area contributed by atoms with Crippen molar-refractivity contribution in [3.05, 3.63) is 64.4 Å². The second kappa shape index (κ2) is 5.95. The molecule has 0 saturated heterocycles. The minimum Gasteiger partial charge on any atom is -0.378 e. The van der Waals surface area contributed by atoms with Crippen LogP contribution in [0.15, 0.2) is 53.0 Å². The lowest BCUT2D eigenvalue weighted by atomic mass is 10.1. The molecule has 2 rings (SSSR count). The van der Waals surface area contributed by atoms with E-state index in [1.54, 1.807) is 36.4 Å². The van der Waals surface area contributed by atoms with E-state index in [-0.39, 0.29) is 0 Å². The zero-order valence-corrected chi connectivity index (χ0v) is 11.4. The number of aliphatic hydroxyl groups excluding tert-OH is 1. The fourth-order valence-corrected chi connectivity index (χ4v) is 1.82. The molecule has 2 aromatic rings. The molecule has 19 heavy (non-hydrogen) atoms. The Kier molecular flexibility index (Phi) is 4.29. The van der Waals surface area contributed by atoms with E-state index in [2.05, 4.69) is 21.2 Å². The van der Waals surface area contributed by atoms with Gasteiger partial charge in [0.15, 0.2) is 6.10 Å². The topological polar surface area (TPSA) is 49.3 Å². The van der Waals surface area contributed by atoms with Crippen molar-refractivity contribution in [2.24, 2.45) is 0 Å². The maximum Gasteiger partial charge on any atom is 0.257 e. The molecule has 0 heterocycles. The first-order valence-electron chi connectivity index (χ1n) is 5.57. The number of carbonyl (C=O) groups is 1. The average Bonchev–Trinajstić information content (AvgIpc) is 2.43. The van der Waals surface area contributed by atoms with Crippen LogP contribution in [-0.2, 0) is 4.79 Å². The van der Waals surface area contributed by atoms with E-state index in [1.165, 1.54) is 12.1 Å². The zero-order valence-electron chi connectivity index (χ0n) is 9.81. The molecule has 0 aliphatic rings. The number of nitrogens with one attached hydrogen (secondary N) is 1. The monoisotopic (exact) mass is 323 g/mol. The Labute approximate surface area is 118 Å². The van der Waals surface area contributed by atoms with Crippen LogP contribution in [0.2, 0.25) is 0 Å². The summed E-state index contributed by atoms with van der Waals surface area (Å²) >= 11 is 3.02. The van der Waals surface area contributed by atoms with Crippen LogP contribution in [0.1, 0.15) is 11.7 Å². The minimum atomic E-state index is -1.28. The molecular weight excluding hydrogens is 313 g/mol. The van der Waals surface area contributed by atoms with Gasteiger partial charge in [-0.15, -0.1) is 0 Å². The molecule has 0 radical (unpaired) electrons. The summed E-state index contributed by atoms with van der Waals surface area (Å²) in [6.45, 7) is 0. The summed E-state index contributed by atoms with van der Waals surface area (Å²) in [5.74, 6) is -1.08. The number of halogens is 2. The number of hydrogen-bond acceptors (Lipinski definition) is 2. The minimum absolute atomic E-state index is 0.292. The Morgan fingerprint density at radius 2 is 1.89 bits per heavy atom. The summed E-state index contributed by atoms with van der Waals surface area (Å²) in [6.07, 6.45) is -1.28. The molecule has 0 aromatic heterocycles. The Balaban J connectivity index is 2.10. The van der Waals surface area contributed by atoms with Crippen LogP contribution < -0.4 is 5.32 Å². The summed E-state index contributed by atoms with van der Waals surface area (Å²) in [4.78, 5) is 11.8. The maximum atomic E-state index is 13.3. The van der Waals surface area contributed by atoms with E-state index in [9.17, 15) is 14.3 Å². The third-order valence-corrected chi connectivity index (χ3v) is 3.19. The van der Waals surface area contributed by atoms with E-state index in [1.807, 2.05) is 0 Å². The van der Waals surface area contributed by atoms with Crippen molar-refractivity contribution in [2.45, 2.75) is 6.10 Å². The van der Waals surface area contributed by atoms with Gasteiger partial charge in [0, 0.05) is 5.69 Å². The molecule has 2 aromatic carbocycles. The number of benzene rings is 2. The molecule has 0 fully saturated rings. The molecule has 5 heteroatoms. The SMILES string of the molecule is O=C(Nc1ccc(Br)c(F)c1)C(O)c1ccccc1. The first kappa shape index (κ1) is 13.7. The van der Waals surface area contributed by atoms with Crippen LogP contribution >= 0.6 is 15.9 Å². The lowest BCUT2D eigenvalue weighted by Gasteiger charge is -2.11. The van der Waals surface area contributed by atoms with Crippen LogP contribution in [0.25, 0.3) is 0 Å². The van der Waals surface area contributed by atoms with Crippen molar-refractivity contribution in [1.82, 2.24) is 0 Å². The van der Waals surface area contributed by atoms with Gasteiger partial charge in [-0.25, -0.2) is 4.39 Å². The summed E-state index contributed by atoms with van der Waals surface area (Å²) in [6, 6.07) is 12.7. The van der Waals surface area contributed by atoms with Crippen LogP contribution in [-0.4, -0.2) is 11.0 Å². The Morgan fingerprint density at radius 3 is 2.53 bits per heavy atom. The van der Waals surface area contributed by atoms with Gasteiger partial charge in [0.1, 0.15) is 5.82 Å². The largest absolute Gasteiger partial charge is 0.378 e. The second-order valence-electron chi connectivity index (χ2n) is 3.93. The number of amides is 1. The summed E-state index contributed by atoms with van der Waals surface area (Å²) in [5, 5.41) is 12.3. The average molecular weight is 324 g/mol. The van der Waals surface area contributed by atoms with E-state index in [4.69, 9.17) is 0 Å². The lowest BCUT2D eigenvalue weighted by Crippen LogP contribution is -2.20. The fraction of sp³-hybridized carbons (Fsp3) is 0.0714. The van der Waals surface area contributed by atoms with E-state index in [0.717, 1.165) is 0 Å². The van der Waals surface area contributed by atoms with E-state index < -0.39 is 17.8 Å². The molecule has 2 N–H and O–H groups in total. The molecule has 0 bridgehead atoms. The predicted octanol–water partition coefficient (Wildman–Crippen LogP) is 3.26. The highest BCUT2D eigenvalue weighted by molar-refractivity contribution is 9.10. The smallest absolute Gasteiger partial charge is 0.257 e. The number of carbonyl (C=O) groups excluding carboxylic acids is 1. The standard InChI is InChI=1S/C14H11BrFNO2/c15-11-7-6-10(8-12(11)16)17-14(19)13(18)9-4-2-1-3-5-9/h1-8,13,18H,(H,17,19). The number of aliphatic hydroxyl groups is 1. The third kappa shape index (κ3) is 3.39. The Morgan fingerprint density at radius 1 is 1.21 bits per heavy atom. The molecule has 1 unspecified atom stereocenters. The van der Waals surface area contributed by atoms with Crippen LogP contribution in [0, 0.1) is 5.82 Å². The molecular formula is C14H11BrFNO2. The normalized spacial score (nSPS) is 11.9.